The molecule has 0 radical (unpaired) electrons. The smallest absolute Gasteiger partial charge is 0.0799 e. The minimum absolute atomic E-state index is 0.451. The van der Waals surface area contributed by atoms with Crippen LogP contribution >= 0.6 is 0 Å². The van der Waals surface area contributed by atoms with Crippen LogP contribution in [0.2, 0.25) is 0 Å². The first kappa shape index (κ1) is 7.03. The molecule has 2 atom stereocenters. The number of rotatable bonds is 0. The molecular formula is C7H14O2. The maximum absolute atomic E-state index is 9.11. The van der Waals surface area contributed by atoms with Crippen LogP contribution in [-0.2, 0) is 0 Å². The van der Waals surface area contributed by atoms with Crippen LogP contribution in [0.3, 0.4) is 0 Å². The van der Waals surface area contributed by atoms with Crippen molar-refractivity contribution in [1.29, 1.82) is 0 Å². The normalized spacial score (nSPS) is 38.0. The Hall–Kier alpha value is -0.0800. The minimum atomic E-state index is -0.451. The first-order valence-corrected chi connectivity index (χ1v) is 3.67. The molecule has 1 aliphatic rings. The Morgan fingerprint density at radius 1 is 0.778 bits per heavy atom. The molecule has 0 aromatic carbocycles. The van der Waals surface area contributed by atoms with Crippen molar-refractivity contribution in [2.75, 3.05) is 0 Å². The second-order valence-corrected chi connectivity index (χ2v) is 2.77. The fourth-order valence-electron chi connectivity index (χ4n) is 1.27. The van der Waals surface area contributed by atoms with Crippen LogP contribution in [0.5, 0.6) is 0 Å². The molecule has 54 valence electrons. The molecule has 0 bridgehead atoms. The Morgan fingerprint density at radius 2 is 1.22 bits per heavy atom. The zero-order valence-electron chi connectivity index (χ0n) is 5.58. The second-order valence-electron chi connectivity index (χ2n) is 2.77. The molecule has 2 nitrogen and oxygen atoms in total. The number of hydrogen-bond acceptors (Lipinski definition) is 2. The second kappa shape index (κ2) is 3.18. The van der Waals surface area contributed by atoms with E-state index < -0.39 is 12.2 Å². The fraction of sp³-hybridized carbons (Fsp3) is 1.00. The predicted octanol–water partition coefficient (Wildman–Crippen LogP) is 0.672. The summed E-state index contributed by atoms with van der Waals surface area (Å²) in [5.41, 5.74) is 0. The van der Waals surface area contributed by atoms with Gasteiger partial charge in [0.2, 0.25) is 0 Å². The highest BCUT2D eigenvalue weighted by atomic mass is 16.3. The van der Waals surface area contributed by atoms with Crippen LogP contribution in [0.25, 0.3) is 0 Å². The van der Waals surface area contributed by atoms with Crippen LogP contribution in [-0.4, -0.2) is 22.4 Å². The van der Waals surface area contributed by atoms with E-state index in [0.717, 1.165) is 32.1 Å². The van der Waals surface area contributed by atoms with Gasteiger partial charge in [0.15, 0.2) is 0 Å². The summed E-state index contributed by atoms with van der Waals surface area (Å²) in [6.45, 7) is 0. The molecule has 0 spiro atoms. The number of aliphatic hydroxyl groups excluding tert-OH is 2. The van der Waals surface area contributed by atoms with E-state index in [2.05, 4.69) is 0 Å². The maximum atomic E-state index is 9.11. The van der Waals surface area contributed by atoms with Crippen molar-refractivity contribution in [2.45, 2.75) is 44.3 Å². The molecule has 0 unspecified atom stereocenters. The fourth-order valence-corrected chi connectivity index (χ4v) is 1.27. The van der Waals surface area contributed by atoms with Crippen LogP contribution in [0.4, 0.5) is 0 Å². The van der Waals surface area contributed by atoms with Gasteiger partial charge in [0.25, 0.3) is 0 Å². The average Bonchev–Trinajstić information content (AvgIpc) is 1.99. The highest BCUT2D eigenvalue weighted by molar-refractivity contribution is 4.70. The third-order valence-corrected chi connectivity index (χ3v) is 1.94. The molecule has 2 N–H and O–H groups in total. The van der Waals surface area contributed by atoms with Gasteiger partial charge in [0.1, 0.15) is 0 Å². The van der Waals surface area contributed by atoms with Crippen LogP contribution in [0.15, 0.2) is 0 Å². The molecule has 0 heterocycles. The summed E-state index contributed by atoms with van der Waals surface area (Å²) in [6.07, 6.45) is 3.95. The lowest BCUT2D eigenvalue weighted by molar-refractivity contribution is 0.0157. The molecule has 1 aliphatic carbocycles. The molecule has 0 amide bonds. The summed E-state index contributed by atoms with van der Waals surface area (Å²) in [7, 11) is 0. The summed E-state index contributed by atoms with van der Waals surface area (Å²) in [4.78, 5) is 0. The number of aliphatic hydroxyl groups is 2. The first-order chi connectivity index (χ1) is 4.30. The Labute approximate surface area is 55.5 Å². The summed E-state index contributed by atoms with van der Waals surface area (Å²) >= 11 is 0. The molecule has 1 rings (SSSR count). The zero-order valence-corrected chi connectivity index (χ0v) is 5.58. The summed E-state index contributed by atoms with van der Waals surface area (Å²) in [5, 5.41) is 18.2. The van der Waals surface area contributed by atoms with E-state index in [1.807, 2.05) is 0 Å². The van der Waals surface area contributed by atoms with Crippen molar-refractivity contribution in [3.8, 4) is 0 Å². The van der Waals surface area contributed by atoms with E-state index in [1.54, 1.807) is 0 Å². The maximum Gasteiger partial charge on any atom is 0.0799 e. The lowest BCUT2D eigenvalue weighted by Gasteiger charge is -2.12. The van der Waals surface area contributed by atoms with Gasteiger partial charge in [-0.25, -0.2) is 0 Å². The number of hydrogen-bond donors (Lipinski definition) is 2. The average molecular weight is 130 g/mol. The monoisotopic (exact) mass is 130 g/mol. The van der Waals surface area contributed by atoms with Gasteiger partial charge in [0.05, 0.1) is 12.2 Å². The topological polar surface area (TPSA) is 40.5 Å². The minimum Gasteiger partial charge on any atom is -0.390 e. The van der Waals surface area contributed by atoms with Gasteiger partial charge in [-0.05, 0) is 12.8 Å². The molecule has 0 saturated heterocycles. The van der Waals surface area contributed by atoms with Crippen LogP contribution in [0, 0.1) is 0 Å². The van der Waals surface area contributed by atoms with Gasteiger partial charge in [-0.1, -0.05) is 19.3 Å². The third kappa shape index (κ3) is 1.95. The first-order valence-electron chi connectivity index (χ1n) is 3.67. The Balaban J connectivity index is 2.32. The van der Waals surface area contributed by atoms with Crippen molar-refractivity contribution < 1.29 is 10.2 Å². The highest BCUT2D eigenvalue weighted by Crippen LogP contribution is 2.17. The molecule has 0 aromatic rings. The summed E-state index contributed by atoms with van der Waals surface area (Å²) in [6, 6.07) is 0. The molecule has 1 saturated carbocycles. The third-order valence-electron chi connectivity index (χ3n) is 1.94. The Bertz CT molecular complexity index is 73.0. The van der Waals surface area contributed by atoms with Crippen molar-refractivity contribution in [1.82, 2.24) is 0 Å². The molecule has 9 heavy (non-hydrogen) atoms. The van der Waals surface area contributed by atoms with E-state index in [0.29, 0.717) is 0 Å². The SMILES string of the molecule is O[C@@H]1CCCCC[C@@H]1O. The lowest BCUT2D eigenvalue weighted by atomic mass is 10.1. The summed E-state index contributed by atoms with van der Waals surface area (Å²) < 4.78 is 0. The lowest BCUT2D eigenvalue weighted by Crippen LogP contribution is -2.23. The van der Waals surface area contributed by atoms with Crippen molar-refractivity contribution in [3.05, 3.63) is 0 Å². The Kier molecular flexibility index (Phi) is 2.49. The van der Waals surface area contributed by atoms with E-state index in [4.69, 9.17) is 10.2 Å². The van der Waals surface area contributed by atoms with Gasteiger partial charge in [-0.2, -0.15) is 0 Å². The quantitative estimate of drug-likeness (QED) is 0.473. The molecule has 0 aromatic heterocycles. The van der Waals surface area contributed by atoms with Crippen molar-refractivity contribution in [2.24, 2.45) is 0 Å². The van der Waals surface area contributed by atoms with Crippen molar-refractivity contribution >= 4 is 0 Å². The Morgan fingerprint density at radius 3 is 1.67 bits per heavy atom. The zero-order chi connectivity index (χ0) is 6.69. The van der Waals surface area contributed by atoms with E-state index in [-0.39, 0.29) is 0 Å². The van der Waals surface area contributed by atoms with Gasteiger partial charge in [-0.3, -0.25) is 0 Å². The van der Waals surface area contributed by atoms with Crippen molar-refractivity contribution in [3.63, 3.8) is 0 Å². The highest BCUT2D eigenvalue weighted by Gasteiger charge is 2.17. The molecule has 0 aliphatic heterocycles. The van der Waals surface area contributed by atoms with Gasteiger partial charge < -0.3 is 10.2 Å². The van der Waals surface area contributed by atoms with E-state index in [1.165, 1.54) is 0 Å². The largest absolute Gasteiger partial charge is 0.390 e. The molecule has 1 fully saturated rings. The van der Waals surface area contributed by atoms with Gasteiger partial charge in [0, 0.05) is 0 Å². The summed E-state index contributed by atoms with van der Waals surface area (Å²) in [5.74, 6) is 0. The standard InChI is InChI=1S/C7H14O2/c8-6-4-2-1-3-5-7(6)9/h6-9H,1-5H2/t6-,7+. The van der Waals surface area contributed by atoms with E-state index >= 15 is 0 Å². The van der Waals surface area contributed by atoms with Crippen LogP contribution < -0.4 is 0 Å². The predicted molar refractivity (Wildman–Crippen MR) is 35.1 cm³/mol. The molecular weight excluding hydrogens is 116 g/mol. The molecule has 2 heteroatoms. The van der Waals surface area contributed by atoms with Gasteiger partial charge in [-0.15, -0.1) is 0 Å². The van der Waals surface area contributed by atoms with Gasteiger partial charge >= 0.3 is 0 Å². The van der Waals surface area contributed by atoms with Crippen LogP contribution in [0.1, 0.15) is 32.1 Å². The van der Waals surface area contributed by atoms with E-state index in [9.17, 15) is 0 Å².